The van der Waals surface area contributed by atoms with Crippen LogP contribution in [0.3, 0.4) is 0 Å². The van der Waals surface area contributed by atoms with Crippen molar-refractivity contribution < 1.29 is 0 Å². The molecule has 0 saturated heterocycles. The average Bonchev–Trinajstić information content (AvgIpc) is 2.94. The van der Waals surface area contributed by atoms with E-state index in [0.29, 0.717) is 25.0 Å². The average molecular weight is 414 g/mol. The molecule has 0 aliphatic heterocycles. The standard InChI is InChI=1S/C28H35N3/c1-9-12-24(6)31(8)28(17-21(3)19-29)16-15-22(4)25(7)30-20-26-13-11-14-27(10-2)23(5)18-26/h9-13,16,18,30H,1-4,7,14-15,17,20H2,5-6,8H3/b24-12-,28-16-. The molecule has 3 heteroatoms. The summed E-state index contributed by atoms with van der Waals surface area (Å²) in [6.45, 7) is 24.6. The molecule has 31 heavy (non-hydrogen) atoms. The van der Waals surface area contributed by atoms with Gasteiger partial charge in [0.25, 0.3) is 0 Å². The van der Waals surface area contributed by atoms with Crippen LogP contribution in [0.15, 0.2) is 120 Å². The predicted octanol–water partition coefficient (Wildman–Crippen LogP) is 6.80. The van der Waals surface area contributed by atoms with Gasteiger partial charge in [-0.25, -0.2) is 0 Å². The smallest absolute Gasteiger partial charge is 0.0944 e. The van der Waals surface area contributed by atoms with Crippen molar-refractivity contribution in [1.82, 2.24) is 10.2 Å². The Kier molecular flexibility index (Phi) is 10.6. The summed E-state index contributed by atoms with van der Waals surface area (Å²) in [5.41, 5.74) is 7.91. The molecule has 1 aliphatic carbocycles. The molecule has 1 rings (SSSR count). The number of nitrogens with one attached hydrogen (secondary N) is 1. The Morgan fingerprint density at radius 3 is 2.61 bits per heavy atom. The van der Waals surface area contributed by atoms with E-state index in [2.05, 4.69) is 75.5 Å². The number of nitriles is 1. The molecule has 0 radical (unpaired) electrons. The van der Waals surface area contributed by atoms with E-state index < -0.39 is 0 Å². The molecular formula is C28H35N3. The van der Waals surface area contributed by atoms with Crippen LogP contribution >= 0.6 is 0 Å². The number of hydrogen-bond acceptors (Lipinski definition) is 3. The van der Waals surface area contributed by atoms with Gasteiger partial charge < -0.3 is 10.2 Å². The second-order valence-electron chi connectivity index (χ2n) is 7.57. The molecule has 1 N–H and O–H groups in total. The minimum Gasteiger partial charge on any atom is -0.381 e. The van der Waals surface area contributed by atoms with Crippen molar-refractivity contribution >= 4 is 0 Å². The molecule has 0 aromatic carbocycles. The van der Waals surface area contributed by atoms with Crippen molar-refractivity contribution in [2.45, 2.75) is 33.1 Å². The Morgan fingerprint density at radius 2 is 2.00 bits per heavy atom. The van der Waals surface area contributed by atoms with E-state index in [0.717, 1.165) is 29.1 Å². The molecule has 0 saturated carbocycles. The molecule has 0 amide bonds. The molecule has 0 fully saturated rings. The lowest BCUT2D eigenvalue weighted by molar-refractivity contribution is 0.505. The molecule has 3 nitrogen and oxygen atoms in total. The van der Waals surface area contributed by atoms with Gasteiger partial charge in [0.1, 0.15) is 0 Å². The highest BCUT2D eigenvalue weighted by Gasteiger charge is 2.09. The number of rotatable bonds is 12. The summed E-state index contributed by atoms with van der Waals surface area (Å²) in [6, 6.07) is 2.13. The normalized spacial score (nSPS) is 14.2. The van der Waals surface area contributed by atoms with Crippen LogP contribution in [0.4, 0.5) is 0 Å². The van der Waals surface area contributed by atoms with Gasteiger partial charge in [-0.05, 0) is 55.1 Å². The predicted molar refractivity (Wildman–Crippen MR) is 135 cm³/mol. The molecule has 0 atom stereocenters. The van der Waals surface area contributed by atoms with Gasteiger partial charge in [0, 0.05) is 42.7 Å². The van der Waals surface area contributed by atoms with E-state index in [9.17, 15) is 0 Å². The second kappa shape index (κ2) is 12.9. The van der Waals surface area contributed by atoms with Crippen LogP contribution < -0.4 is 5.32 Å². The first kappa shape index (κ1) is 25.5. The third-order valence-electron chi connectivity index (χ3n) is 5.21. The van der Waals surface area contributed by atoms with Gasteiger partial charge in [-0.1, -0.05) is 69.4 Å². The first-order valence-corrected chi connectivity index (χ1v) is 10.3. The van der Waals surface area contributed by atoms with Gasteiger partial charge >= 0.3 is 0 Å². The van der Waals surface area contributed by atoms with Crippen LogP contribution in [0.1, 0.15) is 33.1 Å². The molecule has 1 aliphatic rings. The lowest BCUT2D eigenvalue weighted by Crippen LogP contribution is -2.18. The summed E-state index contributed by atoms with van der Waals surface area (Å²) >= 11 is 0. The maximum absolute atomic E-state index is 9.15. The number of hydrogen-bond donors (Lipinski definition) is 1. The highest BCUT2D eigenvalue weighted by molar-refractivity contribution is 5.41. The van der Waals surface area contributed by atoms with Crippen LogP contribution in [0.25, 0.3) is 0 Å². The maximum Gasteiger partial charge on any atom is 0.0944 e. The third-order valence-corrected chi connectivity index (χ3v) is 5.21. The zero-order chi connectivity index (χ0) is 23.4. The van der Waals surface area contributed by atoms with Gasteiger partial charge in [-0.15, -0.1) is 0 Å². The van der Waals surface area contributed by atoms with E-state index in [1.54, 1.807) is 6.08 Å². The van der Waals surface area contributed by atoms with Crippen LogP contribution in [-0.2, 0) is 0 Å². The van der Waals surface area contributed by atoms with E-state index in [4.69, 9.17) is 5.26 Å². The molecule has 0 aromatic heterocycles. The van der Waals surface area contributed by atoms with Gasteiger partial charge in [0.05, 0.1) is 6.07 Å². The third kappa shape index (κ3) is 8.40. The SMILES string of the molecule is C=C/C=C(/C)N(C)/C(=C\CC(=C)C(=C)NCC1=CC(C)=C(C=C)CC=C1)CC(=C)C#N. The molecular weight excluding hydrogens is 378 g/mol. The van der Waals surface area contributed by atoms with Crippen LogP contribution in [0.2, 0.25) is 0 Å². The zero-order valence-corrected chi connectivity index (χ0v) is 19.3. The topological polar surface area (TPSA) is 39.1 Å². The van der Waals surface area contributed by atoms with Gasteiger partial charge in [0.15, 0.2) is 0 Å². The summed E-state index contributed by atoms with van der Waals surface area (Å²) in [5, 5.41) is 12.5. The first-order chi connectivity index (χ1) is 14.7. The molecule has 0 unspecified atom stereocenters. The van der Waals surface area contributed by atoms with E-state index >= 15 is 0 Å². The number of allylic oxidation sites excluding steroid dienone is 11. The summed E-state index contributed by atoms with van der Waals surface area (Å²) in [6.07, 6.45) is 16.2. The van der Waals surface area contributed by atoms with Crippen LogP contribution in [0, 0.1) is 11.3 Å². The monoisotopic (exact) mass is 413 g/mol. The van der Waals surface area contributed by atoms with Crippen molar-refractivity contribution in [2.24, 2.45) is 0 Å². The summed E-state index contributed by atoms with van der Waals surface area (Å²) in [7, 11) is 1.97. The largest absolute Gasteiger partial charge is 0.381 e. The van der Waals surface area contributed by atoms with Crippen LogP contribution in [0.5, 0.6) is 0 Å². The van der Waals surface area contributed by atoms with E-state index in [1.165, 1.54) is 16.7 Å². The highest BCUT2D eigenvalue weighted by atomic mass is 15.1. The second-order valence-corrected chi connectivity index (χ2v) is 7.57. The van der Waals surface area contributed by atoms with Crippen molar-refractivity contribution in [3.05, 3.63) is 120 Å². The Bertz CT molecular complexity index is 939. The summed E-state index contributed by atoms with van der Waals surface area (Å²) in [5.74, 6) is 0. The Labute approximate surface area is 188 Å². The van der Waals surface area contributed by atoms with Crippen LogP contribution in [-0.4, -0.2) is 18.5 Å². The van der Waals surface area contributed by atoms with Gasteiger partial charge in [-0.2, -0.15) is 5.26 Å². The van der Waals surface area contributed by atoms with Crippen molar-refractivity contribution in [3.63, 3.8) is 0 Å². The van der Waals surface area contributed by atoms with Gasteiger partial charge in [-0.3, -0.25) is 0 Å². The lowest BCUT2D eigenvalue weighted by Gasteiger charge is -2.24. The maximum atomic E-state index is 9.15. The van der Waals surface area contributed by atoms with Crippen molar-refractivity contribution in [3.8, 4) is 6.07 Å². The fraction of sp³-hybridized carbons (Fsp3) is 0.250. The van der Waals surface area contributed by atoms with Gasteiger partial charge in [0.2, 0.25) is 0 Å². The van der Waals surface area contributed by atoms with Crippen molar-refractivity contribution in [1.29, 1.82) is 5.26 Å². The minimum atomic E-state index is 0.484. The zero-order valence-electron chi connectivity index (χ0n) is 19.3. The fourth-order valence-electron chi connectivity index (χ4n) is 3.06. The molecule has 0 aromatic rings. The molecule has 0 spiro atoms. The minimum absolute atomic E-state index is 0.484. The molecule has 0 heterocycles. The Hall–Kier alpha value is -3.51. The number of nitrogens with zero attached hydrogens (tertiary/aromatic N) is 2. The van der Waals surface area contributed by atoms with E-state index in [-0.39, 0.29) is 0 Å². The molecule has 162 valence electrons. The Morgan fingerprint density at radius 1 is 1.29 bits per heavy atom. The Balaban J connectivity index is 2.84. The van der Waals surface area contributed by atoms with E-state index in [1.807, 2.05) is 31.0 Å². The highest BCUT2D eigenvalue weighted by Crippen LogP contribution is 2.21. The lowest BCUT2D eigenvalue weighted by atomic mass is 10.1. The first-order valence-electron chi connectivity index (χ1n) is 10.3. The summed E-state index contributed by atoms with van der Waals surface area (Å²) < 4.78 is 0. The van der Waals surface area contributed by atoms with Crippen molar-refractivity contribution in [2.75, 3.05) is 13.6 Å². The fourth-order valence-corrected chi connectivity index (χ4v) is 3.06. The quantitative estimate of drug-likeness (QED) is 0.282. The summed E-state index contributed by atoms with van der Waals surface area (Å²) in [4.78, 5) is 2.04. The molecule has 0 bridgehead atoms.